The Bertz CT molecular complexity index is 1190. The topological polar surface area (TPSA) is 80.2 Å². The zero-order chi connectivity index (χ0) is 24.3. The molecule has 0 aromatic heterocycles. The van der Waals surface area contributed by atoms with Crippen LogP contribution < -0.4 is 14.8 Å². The number of rotatable bonds is 9. The molecule has 0 aliphatic carbocycles. The van der Waals surface area contributed by atoms with Crippen molar-refractivity contribution in [3.05, 3.63) is 101 Å². The minimum absolute atomic E-state index is 0.0569. The average Bonchev–Trinajstić information content (AvgIpc) is 2.89. The molecule has 7 heteroatoms. The van der Waals surface area contributed by atoms with Crippen LogP contribution in [-0.4, -0.2) is 43.0 Å². The molecule has 0 bridgehead atoms. The van der Waals surface area contributed by atoms with Gasteiger partial charge in [-0.25, -0.2) is 4.99 Å². The Kier molecular flexibility index (Phi) is 8.94. The molecule has 174 valence electrons. The second kappa shape index (κ2) is 12.3. The Hall–Kier alpha value is -3.97. The summed E-state index contributed by atoms with van der Waals surface area (Å²) < 4.78 is 10.6. The molecule has 3 rings (SSSR count). The lowest BCUT2D eigenvalue weighted by molar-refractivity contribution is 0.104. The van der Waals surface area contributed by atoms with Crippen LogP contribution in [0.1, 0.15) is 21.5 Å². The lowest BCUT2D eigenvalue weighted by Crippen LogP contribution is -2.22. The quantitative estimate of drug-likeness (QED) is 0.149. The number of allylic oxidation sites excluding steroid dienone is 1. The van der Waals surface area contributed by atoms with Crippen LogP contribution in [0.5, 0.6) is 11.5 Å². The van der Waals surface area contributed by atoms with Crippen molar-refractivity contribution < 1.29 is 19.4 Å². The molecule has 34 heavy (non-hydrogen) atoms. The molecule has 0 heterocycles. The zero-order valence-corrected chi connectivity index (χ0v) is 19.8. The first kappa shape index (κ1) is 24.7. The number of carbonyl (C=O) groups excluding carboxylic acids is 1. The smallest absolute Gasteiger partial charge is 0.198 e. The van der Waals surface area contributed by atoms with Gasteiger partial charge in [0.15, 0.2) is 22.4 Å². The summed E-state index contributed by atoms with van der Waals surface area (Å²) in [7, 11) is 3.19. The monoisotopic (exact) mass is 474 g/mol. The highest BCUT2D eigenvalue weighted by atomic mass is 32.1. The number of nitrogens with one attached hydrogen (secondary N) is 1. The van der Waals surface area contributed by atoms with Crippen LogP contribution in [0.15, 0.2) is 89.4 Å². The van der Waals surface area contributed by atoms with Crippen molar-refractivity contribution in [2.45, 2.75) is 6.42 Å². The van der Waals surface area contributed by atoms with Crippen LogP contribution >= 0.6 is 12.2 Å². The lowest BCUT2D eigenvalue weighted by atomic mass is 10.0. The standard InChI is InChI=1S/C27H26N2O4S/c1-32-23-14-13-19(17-24(23)33-2)15-16-28-27(34)29-18-22(25(30)20-9-5-3-6-10-20)26(31)21-11-7-4-8-12-21/h3-14,17-18,30H,15-16H2,1-2H3,(H,28,34). The van der Waals surface area contributed by atoms with Crippen LogP contribution in [0, 0.1) is 0 Å². The minimum Gasteiger partial charge on any atom is -0.506 e. The molecule has 0 radical (unpaired) electrons. The molecule has 0 atom stereocenters. The van der Waals surface area contributed by atoms with Crippen molar-refractivity contribution in [1.82, 2.24) is 5.32 Å². The summed E-state index contributed by atoms with van der Waals surface area (Å²) in [5, 5.41) is 14.1. The molecular weight excluding hydrogens is 448 g/mol. The third kappa shape index (κ3) is 6.52. The van der Waals surface area contributed by atoms with E-state index < -0.39 is 0 Å². The van der Waals surface area contributed by atoms with E-state index in [4.69, 9.17) is 21.7 Å². The molecule has 0 amide bonds. The van der Waals surface area contributed by atoms with E-state index in [0.29, 0.717) is 35.6 Å². The maximum atomic E-state index is 13.1. The third-order valence-electron chi connectivity index (χ3n) is 5.03. The molecule has 0 saturated heterocycles. The van der Waals surface area contributed by atoms with E-state index in [-0.39, 0.29) is 22.2 Å². The average molecular weight is 475 g/mol. The van der Waals surface area contributed by atoms with Gasteiger partial charge in [-0.2, -0.15) is 0 Å². The SMILES string of the molecule is COc1ccc(CCNC(=S)N=CC(C(=O)c2ccccc2)=C(O)c2ccccc2)cc1OC. The van der Waals surface area contributed by atoms with Gasteiger partial charge in [0.25, 0.3) is 0 Å². The van der Waals surface area contributed by atoms with E-state index in [0.717, 1.165) is 5.56 Å². The second-order valence-electron chi connectivity index (χ2n) is 7.25. The number of hydrogen-bond donors (Lipinski definition) is 2. The number of benzene rings is 3. The van der Waals surface area contributed by atoms with Crippen molar-refractivity contribution in [3.63, 3.8) is 0 Å². The van der Waals surface area contributed by atoms with Gasteiger partial charge in [-0.1, -0.05) is 66.7 Å². The molecule has 0 fully saturated rings. The number of methoxy groups -OCH3 is 2. The fourth-order valence-electron chi connectivity index (χ4n) is 3.24. The van der Waals surface area contributed by atoms with Gasteiger partial charge in [0.2, 0.25) is 0 Å². The van der Waals surface area contributed by atoms with E-state index >= 15 is 0 Å². The molecule has 2 N–H and O–H groups in total. The molecule has 0 aliphatic rings. The minimum atomic E-state index is -0.348. The summed E-state index contributed by atoms with van der Waals surface area (Å²) in [6, 6.07) is 23.3. The number of thiocarbonyl (C=S) groups is 1. The summed E-state index contributed by atoms with van der Waals surface area (Å²) in [5.74, 6) is 0.816. The van der Waals surface area contributed by atoms with Gasteiger partial charge in [-0.3, -0.25) is 4.79 Å². The van der Waals surface area contributed by atoms with Crippen molar-refractivity contribution in [3.8, 4) is 11.5 Å². The van der Waals surface area contributed by atoms with Gasteiger partial charge < -0.3 is 19.9 Å². The zero-order valence-electron chi connectivity index (χ0n) is 19.0. The Morgan fingerprint density at radius 1 is 0.941 bits per heavy atom. The largest absolute Gasteiger partial charge is 0.506 e. The van der Waals surface area contributed by atoms with Crippen LogP contribution in [0.2, 0.25) is 0 Å². The van der Waals surface area contributed by atoms with Crippen molar-refractivity contribution in [2.75, 3.05) is 20.8 Å². The maximum absolute atomic E-state index is 13.1. The number of ketones is 1. The van der Waals surface area contributed by atoms with Crippen molar-refractivity contribution >= 4 is 35.1 Å². The van der Waals surface area contributed by atoms with E-state index in [9.17, 15) is 9.90 Å². The second-order valence-corrected chi connectivity index (χ2v) is 7.64. The maximum Gasteiger partial charge on any atom is 0.198 e. The highest BCUT2D eigenvalue weighted by molar-refractivity contribution is 7.80. The lowest BCUT2D eigenvalue weighted by Gasteiger charge is -2.10. The number of carbonyl (C=O) groups is 1. The fraction of sp³-hybridized carbons (Fsp3) is 0.148. The first-order valence-electron chi connectivity index (χ1n) is 10.6. The number of aliphatic imine (C=N–C) groups is 1. The van der Waals surface area contributed by atoms with E-state index in [1.807, 2.05) is 30.3 Å². The predicted molar refractivity (Wildman–Crippen MR) is 139 cm³/mol. The number of Topliss-reactive ketones (excluding diaryl/α,β-unsaturated/α-hetero) is 1. The first-order chi connectivity index (χ1) is 16.5. The van der Waals surface area contributed by atoms with Gasteiger partial charge in [0.05, 0.1) is 19.8 Å². The first-order valence-corrected chi connectivity index (χ1v) is 11.1. The number of nitrogens with zero attached hydrogens (tertiary/aromatic N) is 1. The van der Waals surface area contributed by atoms with Gasteiger partial charge >= 0.3 is 0 Å². The fourth-order valence-corrected chi connectivity index (χ4v) is 3.40. The van der Waals surface area contributed by atoms with Gasteiger partial charge in [-0.05, 0) is 36.3 Å². The van der Waals surface area contributed by atoms with E-state index in [1.165, 1.54) is 6.21 Å². The van der Waals surface area contributed by atoms with Gasteiger partial charge in [-0.15, -0.1) is 0 Å². The number of aliphatic hydroxyl groups excluding tert-OH is 1. The van der Waals surface area contributed by atoms with Crippen molar-refractivity contribution in [2.24, 2.45) is 4.99 Å². The van der Waals surface area contributed by atoms with Crippen LogP contribution in [0.25, 0.3) is 5.76 Å². The van der Waals surface area contributed by atoms with Crippen molar-refractivity contribution in [1.29, 1.82) is 0 Å². The molecular formula is C27H26N2O4S. The summed E-state index contributed by atoms with van der Waals surface area (Å²) >= 11 is 5.31. The molecule has 0 saturated carbocycles. The highest BCUT2D eigenvalue weighted by Gasteiger charge is 2.17. The number of ether oxygens (including phenoxy) is 2. The van der Waals surface area contributed by atoms with Crippen LogP contribution in [0.4, 0.5) is 0 Å². The Labute approximate surface area is 204 Å². The Morgan fingerprint density at radius 2 is 1.56 bits per heavy atom. The normalized spacial score (nSPS) is 11.6. The molecule has 6 nitrogen and oxygen atoms in total. The highest BCUT2D eigenvalue weighted by Crippen LogP contribution is 2.27. The molecule has 3 aromatic rings. The summed E-state index contributed by atoms with van der Waals surface area (Å²) in [6.45, 7) is 0.530. The number of aliphatic hydroxyl groups is 1. The molecule has 0 aliphatic heterocycles. The summed E-state index contributed by atoms with van der Waals surface area (Å²) in [6.07, 6.45) is 1.99. The summed E-state index contributed by atoms with van der Waals surface area (Å²) in [4.78, 5) is 17.3. The molecule has 3 aromatic carbocycles. The Morgan fingerprint density at radius 3 is 2.18 bits per heavy atom. The Balaban J connectivity index is 1.72. The van der Waals surface area contributed by atoms with Gasteiger partial charge in [0, 0.05) is 23.9 Å². The van der Waals surface area contributed by atoms with Gasteiger partial charge in [0.1, 0.15) is 5.76 Å². The molecule has 0 unspecified atom stereocenters. The van der Waals surface area contributed by atoms with E-state index in [2.05, 4.69) is 10.3 Å². The summed E-state index contributed by atoms with van der Waals surface area (Å²) in [5.41, 5.74) is 2.05. The third-order valence-corrected chi connectivity index (χ3v) is 5.28. The predicted octanol–water partition coefficient (Wildman–Crippen LogP) is 5.04. The van der Waals surface area contributed by atoms with Crippen LogP contribution in [0.3, 0.4) is 0 Å². The van der Waals surface area contributed by atoms with Crippen LogP contribution in [-0.2, 0) is 6.42 Å². The van der Waals surface area contributed by atoms with E-state index in [1.54, 1.807) is 62.8 Å². The number of hydrogen-bond acceptors (Lipinski definition) is 5. The molecule has 0 spiro atoms.